The minimum Gasteiger partial charge on any atom is -0.366 e. The second kappa shape index (κ2) is 8.74. The summed E-state index contributed by atoms with van der Waals surface area (Å²) in [6, 6.07) is 15.9. The van der Waals surface area contributed by atoms with Crippen molar-refractivity contribution in [3.63, 3.8) is 0 Å². The number of aryl methyl sites for hydroxylation is 3. The topological polar surface area (TPSA) is 106 Å². The molecule has 3 aromatic rings. The van der Waals surface area contributed by atoms with Crippen molar-refractivity contribution < 1.29 is 23.1 Å². The van der Waals surface area contributed by atoms with Crippen LogP contribution < -0.4 is 5.32 Å². The molecule has 0 aliphatic carbocycles. The van der Waals surface area contributed by atoms with Crippen LogP contribution in [0.1, 0.15) is 16.8 Å². The van der Waals surface area contributed by atoms with E-state index in [0.717, 1.165) is 35.0 Å². The lowest BCUT2D eigenvalue weighted by Crippen LogP contribution is -2.46. The number of carbonyl (C=O) groups is 1. The van der Waals surface area contributed by atoms with E-state index in [0.29, 0.717) is 6.41 Å². The van der Waals surface area contributed by atoms with Crippen LogP contribution in [-0.4, -0.2) is 49.1 Å². The van der Waals surface area contributed by atoms with Gasteiger partial charge in [-0.2, -0.15) is 0 Å². The van der Waals surface area contributed by atoms with E-state index in [1.165, 1.54) is 5.56 Å². The molecule has 1 aliphatic heterocycles. The van der Waals surface area contributed by atoms with Crippen molar-refractivity contribution in [3.8, 4) is 0 Å². The normalized spacial score (nSPS) is 21.3. The van der Waals surface area contributed by atoms with Crippen LogP contribution in [0.2, 0.25) is 0 Å². The van der Waals surface area contributed by atoms with Crippen LogP contribution in [0.15, 0.2) is 59.5 Å². The Bertz CT molecular complexity index is 1190. The van der Waals surface area contributed by atoms with Gasteiger partial charge < -0.3 is 15.2 Å². The number of sulfone groups is 1. The molecule has 0 saturated carbocycles. The number of aromatic nitrogens is 1. The first kappa shape index (κ1) is 21.4. The summed E-state index contributed by atoms with van der Waals surface area (Å²) in [4.78, 5) is 15.5. The monoisotopic (exact) mass is 440 g/mol. The lowest BCUT2D eigenvalue weighted by molar-refractivity contribution is -0.114. The summed E-state index contributed by atoms with van der Waals surface area (Å²) < 4.78 is 31.0. The summed E-state index contributed by atoms with van der Waals surface area (Å²) in [5.74, 6) is 0. The molecule has 0 radical (unpaired) electrons. The largest absolute Gasteiger partial charge is 0.366 e. The third kappa shape index (κ3) is 4.32. The Balaban J connectivity index is 1.51. The highest BCUT2D eigenvalue weighted by Gasteiger charge is 2.44. The van der Waals surface area contributed by atoms with Gasteiger partial charge in [0.05, 0.1) is 23.1 Å². The molecule has 1 fully saturated rings. The van der Waals surface area contributed by atoms with Crippen LogP contribution in [0.3, 0.4) is 0 Å². The van der Waals surface area contributed by atoms with E-state index in [9.17, 15) is 18.3 Å². The molecule has 7 nitrogen and oxygen atoms in total. The Morgan fingerprint density at radius 3 is 2.65 bits per heavy atom. The first-order valence-corrected chi connectivity index (χ1v) is 11.6. The number of hydrogen-bond acceptors (Lipinski definition) is 6. The molecule has 1 amide bonds. The summed E-state index contributed by atoms with van der Waals surface area (Å²) in [6.07, 6.45) is 0.597. The quantitative estimate of drug-likeness (QED) is 0.544. The van der Waals surface area contributed by atoms with Crippen molar-refractivity contribution in [3.05, 3.63) is 71.4 Å². The van der Waals surface area contributed by atoms with E-state index in [1.54, 1.807) is 24.3 Å². The Kier molecular flexibility index (Phi) is 6.04. The van der Waals surface area contributed by atoms with E-state index in [1.807, 2.05) is 25.1 Å². The highest BCUT2D eigenvalue weighted by Crippen LogP contribution is 2.26. The first-order valence-electron chi connectivity index (χ1n) is 10.1. The van der Waals surface area contributed by atoms with Gasteiger partial charge in [-0.3, -0.25) is 9.78 Å². The summed E-state index contributed by atoms with van der Waals surface area (Å²) in [5.41, 5.74) is 4.16. The zero-order chi connectivity index (χ0) is 22.0. The number of benzene rings is 2. The lowest BCUT2D eigenvalue weighted by Gasteiger charge is -2.19. The van der Waals surface area contributed by atoms with Crippen LogP contribution in [0, 0.1) is 6.92 Å². The van der Waals surface area contributed by atoms with E-state index >= 15 is 0 Å². The summed E-state index contributed by atoms with van der Waals surface area (Å²) >= 11 is 0. The molecular weight excluding hydrogens is 416 g/mol. The molecule has 3 unspecified atom stereocenters. The highest BCUT2D eigenvalue weighted by atomic mass is 32.2. The Labute approximate surface area is 181 Å². The molecule has 162 valence electrons. The van der Waals surface area contributed by atoms with Crippen molar-refractivity contribution in [1.82, 2.24) is 10.3 Å². The lowest BCUT2D eigenvalue weighted by atomic mass is 10.0. The summed E-state index contributed by atoms with van der Waals surface area (Å²) in [5, 5.41) is 12.2. The van der Waals surface area contributed by atoms with Gasteiger partial charge in [0.1, 0.15) is 5.25 Å². The van der Waals surface area contributed by atoms with Gasteiger partial charge in [-0.1, -0.05) is 30.3 Å². The van der Waals surface area contributed by atoms with Crippen molar-refractivity contribution in [2.45, 2.75) is 42.2 Å². The highest BCUT2D eigenvalue weighted by molar-refractivity contribution is 7.92. The number of ether oxygens (including phenoxy) is 1. The fourth-order valence-corrected chi connectivity index (χ4v) is 5.76. The predicted molar refractivity (Wildman–Crippen MR) is 116 cm³/mol. The van der Waals surface area contributed by atoms with Crippen molar-refractivity contribution >= 4 is 27.2 Å². The number of rotatable bonds is 7. The molecule has 1 aliphatic rings. The Morgan fingerprint density at radius 2 is 1.90 bits per heavy atom. The number of hydrogen-bond donors (Lipinski definition) is 2. The van der Waals surface area contributed by atoms with Gasteiger partial charge in [0.2, 0.25) is 6.41 Å². The van der Waals surface area contributed by atoms with E-state index in [-0.39, 0.29) is 11.5 Å². The predicted octanol–water partition coefficient (Wildman–Crippen LogP) is 1.93. The number of fused-ring (bicyclic) bond motifs is 1. The second-order valence-electron chi connectivity index (χ2n) is 7.70. The van der Waals surface area contributed by atoms with Crippen molar-refractivity contribution in [2.75, 3.05) is 6.61 Å². The Hall–Kier alpha value is -2.81. The van der Waals surface area contributed by atoms with Crippen LogP contribution in [0.25, 0.3) is 10.9 Å². The van der Waals surface area contributed by atoms with Crippen molar-refractivity contribution in [2.24, 2.45) is 0 Å². The molecule has 1 aromatic heterocycles. The number of para-hydroxylation sites is 1. The standard InChI is InChI=1S/C23H24N2O5S/c1-15-12-17(19-4-2-3-5-20(19)25-15)9-6-16-7-10-18(11-8-16)31(28,29)21-13-30-23(27)22(21)24-14-26/h2-5,7-8,10-12,14,21-23,27H,6,9,13H2,1H3,(H,24,26). The van der Waals surface area contributed by atoms with Gasteiger partial charge in [0.25, 0.3) is 0 Å². The van der Waals surface area contributed by atoms with Crippen LogP contribution in [0.5, 0.6) is 0 Å². The molecule has 3 atom stereocenters. The Morgan fingerprint density at radius 1 is 1.16 bits per heavy atom. The van der Waals surface area contributed by atoms with E-state index < -0.39 is 27.4 Å². The van der Waals surface area contributed by atoms with Crippen LogP contribution in [-0.2, 0) is 32.2 Å². The molecule has 31 heavy (non-hydrogen) atoms. The molecule has 8 heteroatoms. The number of carbonyl (C=O) groups excluding carboxylic acids is 1. The van der Waals surface area contributed by atoms with Gasteiger partial charge in [-0.15, -0.1) is 0 Å². The van der Waals surface area contributed by atoms with Crippen LogP contribution in [0.4, 0.5) is 0 Å². The molecule has 2 aromatic carbocycles. The van der Waals surface area contributed by atoms with E-state index in [2.05, 4.69) is 22.4 Å². The fraction of sp³-hybridized carbons (Fsp3) is 0.304. The second-order valence-corrected chi connectivity index (χ2v) is 9.87. The summed E-state index contributed by atoms with van der Waals surface area (Å²) in [7, 11) is -3.78. The molecule has 2 N–H and O–H groups in total. The van der Waals surface area contributed by atoms with Gasteiger partial charge in [0, 0.05) is 11.1 Å². The van der Waals surface area contributed by atoms with Gasteiger partial charge >= 0.3 is 0 Å². The van der Waals surface area contributed by atoms with Gasteiger partial charge in [0.15, 0.2) is 16.1 Å². The third-order valence-electron chi connectivity index (χ3n) is 5.66. The van der Waals surface area contributed by atoms with Gasteiger partial charge in [-0.05, 0) is 55.2 Å². The number of aliphatic hydroxyl groups is 1. The zero-order valence-corrected chi connectivity index (χ0v) is 17.9. The first-order chi connectivity index (χ1) is 14.9. The maximum Gasteiger partial charge on any atom is 0.207 e. The number of nitrogens with one attached hydrogen (secondary N) is 1. The number of amides is 1. The number of aliphatic hydroxyl groups excluding tert-OH is 1. The smallest absolute Gasteiger partial charge is 0.207 e. The van der Waals surface area contributed by atoms with Gasteiger partial charge in [-0.25, -0.2) is 8.42 Å². The molecule has 4 rings (SSSR count). The molecule has 0 bridgehead atoms. The maximum atomic E-state index is 13.0. The minimum absolute atomic E-state index is 0.141. The van der Waals surface area contributed by atoms with E-state index in [4.69, 9.17) is 4.74 Å². The zero-order valence-electron chi connectivity index (χ0n) is 17.1. The average molecular weight is 441 g/mol. The molecule has 2 heterocycles. The number of nitrogens with zero attached hydrogens (tertiary/aromatic N) is 1. The SMILES string of the molecule is Cc1cc(CCc2ccc(S(=O)(=O)C3COC(O)C3NC=O)cc2)c2ccccc2n1. The fourth-order valence-electron chi connectivity index (χ4n) is 4.04. The minimum atomic E-state index is -3.78. The molecule has 0 spiro atoms. The third-order valence-corrected chi connectivity index (χ3v) is 7.82. The van der Waals surface area contributed by atoms with Crippen molar-refractivity contribution in [1.29, 1.82) is 0 Å². The summed E-state index contributed by atoms with van der Waals surface area (Å²) in [6.45, 7) is 1.80. The number of pyridine rings is 1. The van der Waals surface area contributed by atoms with Crippen LogP contribution >= 0.6 is 0 Å². The average Bonchev–Trinajstić information content (AvgIpc) is 3.13. The maximum absolute atomic E-state index is 13.0. The molecular formula is C23H24N2O5S. The molecule has 1 saturated heterocycles.